The van der Waals surface area contributed by atoms with E-state index in [0.717, 1.165) is 25.7 Å². The summed E-state index contributed by atoms with van der Waals surface area (Å²) in [6.45, 7) is 6.46. The smallest absolute Gasteiger partial charge is 0.123 e. The van der Waals surface area contributed by atoms with Gasteiger partial charge in [0.1, 0.15) is 5.82 Å². The summed E-state index contributed by atoms with van der Waals surface area (Å²) in [4.78, 5) is 2.74. The number of hydrogen-bond acceptors (Lipinski definition) is 3. The molecule has 0 aromatic heterocycles. The molecular formula is C22H31FN2O. The quantitative estimate of drug-likeness (QED) is 0.893. The van der Waals surface area contributed by atoms with Crippen molar-refractivity contribution < 1.29 is 9.13 Å². The van der Waals surface area contributed by atoms with E-state index < -0.39 is 0 Å². The number of rotatable bonds is 3. The molecule has 2 atom stereocenters. The van der Waals surface area contributed by atoms with Gasteiger partial charge in [-0.05, 0) is 86.2 Å². The minimum Gasteiger partial charge on any atom is -0.381 e. The summed E-state index contributed by atoms with van der Waals surface area (Å²) >= 11 is 0. The molecule has 2 unspecified atom stereocenters. The van der Waals surface area contributed by atoms with Crippen LogP contribution in [0.5, 0.6) is 0 Å². The fourth-order valence-corrected chi connectivity index (χ4v) is 5.91. The minimum absolute atomic E-state index is 0.0830. The molecule has 142 valence electrons. The first kappa shape index (κ1) is 17.2. The molecule has 0 bridgehead atoms. The highest BCUT2D eigenvalue weighted by Crippen LogP contribution is 2.45. The first-order valence-electron chi connectivity index (χ1n) is 10.5. The lowest BCUT2D eigenvalue weighted by Crippen LogP contribution is -2.52. The Balaban J connectivity index is 1.26. The van der Waals surface area contributed by atoms with Crippen molar-refractivity contribution in [2.75, 3.05) is 39.4 Å². The van der Waals surface area contributed by atoms with Crippen molar-refractivity contribution in [2.24, 2.45) is 5.41 Å². The van der Waals surface area contributed by atoms with Crippen molar-refractivity contribution in [3.8, 4) is 0 Å². The molecule has 0 amide bonds. The van der Waals surface area contributed by atoms with Crippen LogP contribution in [0.25, 0.3) is 0 Å². The van der Waals surface area contributed by atoms with Crippen molar-refractivity contribution in [3.05, 3.63) is 35.1 Å². The van der Waals surface area contributed by atoms with Crippen LogP contribution in [-0.4, -0.2) is 50.3 Å². The number of nitrogens with zero attached hydrogens (tertiary/aromatic N) is 1. The molecule has 1 spiro atoms. The van der Waals surface area contributed by atoms with E-state index in [1.807, 2.05) is 12.1 Å². The Kier molecular flexibility index (Phi) is 4.54. The monoisotopic (exact) mass is 358 g/mol. The molecule has 1 aliphatic carbocycles. The van der Waals surface area contributed by atoms with Crippen molar-refractivity contribution >= 4 is 0 Å². The fraction of sp³-hybridized carbons (Fsp3) is 0.727. The average molecular weight is 359 g/mol. The van der Waals surface area contributed by atoms with E-state index in [-0.39, 0.29) is 5.82 Å². The third-order valence-electron chi connectivity index (χ3n) is 7.58. The number of ether oxygens (including phenoxy) is 1. The van der Waals surface area contributed by atoms with Crippen LogP contribution in [0.4, 0.5) is 4.39 Å². The largest absolute Gasteiger partial charge is 0.381 e. The number of benzene rings is 1. The second-order valence-corrected chi connectivity index (χ2v) is 9.14. The summed E-state index contributed by atoms with van der Waals surface area (Å²) < 4.78 is 19.6. The van der Waals surface area contributed by atoms with E-state index in [1.165, 1.54) is 69.4 Å². The fourth-order valence-electron chi connectivity index (χ4n) is 5.91. The Bertz CT molecular complexity index is 646. The van der Waals surface area contributed by atoms with Gasteiger partial charge in [0.15, 0.2) is 0 Å². The van der Waals surface area contributed by atoms with Gasteiger partial charge in [0.25, 0.3) is 0 Å². The lowest BCUT2D eigenvalue weighted by atomic mass is 9.79. The first-order chi connectivity index (χ1) is 12.7. The van der Waals surface area contributed by atoms with Crippen LogP contribution in [0.1, 0.15) is 61.5 Å². The van der Waals surface area contributed by atoms with E-state index in [9.17, 15) is 4.39 Å². The average Bonchev–Trinajstić information content (AvgIpc) is 3.31. The molecule has 1 aromatic carbocycles. The predicted molar refractivity (Wildman–Crippen MR) is 101 cm³/mol. The van der Waals surface area contributed by atoms with Crippen LogP contribution in [0.3, 0.4) is 0 Å². The number of hydrogen-bond donors (Lipinski definition) is 1. The van der Waals surface area contributed by atoms with Crippen LogP contribution in [0.2, 0.25) is 0 Å². The molecule has 3 aliphatic heterocycles. The van der Waals surface area contributed by atoms with Crippen LogP contribution >= 0.6 is 0 Å². The molecule has 3 heterocycles. The first-order valence-corrected chi connectivity index (χ1v) is 10.5. The highest BCUT2D eigenvalue weighted by Gasteiger charge is 2.45. The lowest BCUT2D eigenvalue weighted by molar-refractivity contribution is 0.120. The maximum Gasteiger partial charge on any atom is 0.123 e. The number of halogens is 1. The van der Waals surface area contributed by atoms with Crippen molar-refractivity contribution in [3.63, 3.8) is 0 Å². The van der Waals surface area contributed by atoms with Gasteiger partial charge in [0.05, 0.1) is 6.61 Å². The summed E-state index contributed by atoms with van der Waals surface area (Å²) in [6, 6.07) is 6.27. The van der Waals surface area contributed by atoms with Crippen LogP contribution in [0.15, 0.2) is 18.2 Å². The SMILES string of the molecule is Fc1ccc(C2CCOC2)c(C2CCN(C3CCC4(CNC4)C3)CC2)c1. The van der Waals surface area contributed by atoms with Crippen LogP contribution in [0, 0.1) is 11.2 Å². The van der Waals surface area contributed by atoms with Crippen LogP contribution < -0.4 is 5.32 Å². The molecule has 1 N–H and O–H groups in total. The van der Waals surface area contributed by atoms with Gasteiger partial charge in [-0.2, -0.15) is 0 Å². The van der Waals surface area contributed by atoms with Gasteiger partial charge in [-0.15, -0.1) is 0 Å². The topological polar surface area (TPSA) is 24.5 Å². The Labute approximate surface area is 156 Å². The number of piperidine rings is 1. The van der Waals surface area contributed by atoms with E-state index in [1.54, 1.807) is 6.07 Å². The molecule has 0 radical (unpaired) electrons. The highest BCUT2D eigenvalue weighted by atomic mass is 19.1. The zero-order chi connectivity index (χ0) is 17.6. The molecule has 26 heavy (non-hydrogen) atoms. The van der Waals surface area contributed by atoms with Gasteiger partial charge in [-0.25, -0.2) is 4.39 Å². The Morgan fingerprint density at radius 1 is 1.04 bits per heavy atom. The molecule has 5 rings (SSSR count). The zero-order valence-corrected chi connectivity index (χ0v) is 15.7. The van der Waals surface area contributed by atoms with Crippen LogP contribution in [-0.2, 0) is 4.74 Å². The van der Waals surface area contributed by atoms with E-state index in [4.69, 9.17) is 4.74 Å². The van der Waals surface area contributed by atoms with Gasteiger partial charge in [-0.1, -0.05) is 6.07 Å². The molecule has 4 heteroatoms. The third-order valence-corrected chi connectivity index (χ3v) is 7.58. The minimum atomic E-state index is -0.0830. The summed E-state index contributed by atoms with van der Waals surface area (Å²) in [5.41, 5.74) is 3.24. The van der Waals surface area contributed by atoms with E-state index >= 15 is 0 Å². The van der Waals surface area contributed by atoms with Gasteiger partial charge in [-0.3, -0.25) is 0 Å². The summed E-state index contributed by atoms with van der Waals surface area (Å²) in [7, 11) is 0. The molecule has 4 aliphatic rings. The lowest BCUT2D eigenvalue weighted by Gasteiger charge is -2.41. The zero-order valence-electron chi connectivity index (χ0n) is 15.7. The molecule has 4 fully saturated rings. The van der Waals surface area contributed by atoms with E-state index in [2.05, 4.69) is 10.2 Å². The predicted octanol–water partition coefficient (Wildman–Crippen LogP) is 3.65. The Morgan fingerprint density at radius 2 is 1.88 bits per heavy atom. The van der Waals surface area contributed by atoms with E-state index in [0.29, 0.717) is 17.3 Å². The van der Waals surface area contributed by atoms with Gasteiger partial charge in [0, 0.05) is 31.7 Å². The van der Waals surface area contributed by atoms with Crippen molar-refractivity contribution in [1.82, 2.24) is 10.2 Å². The van der Waals surface area contributed by atoms with Gasteiger partial charge < -0.3 is 15.0 Å². The standard InChI is InChI=1S/C22H31FN2O/c23-18-1-2-20(17-6-10-26-13-17)21(11-18)16-4-8-25(9-5-16)19-3-7-22(12-19)14-24-15-22/h1-2,11,16-17,19,24H,3-10,12-15H2. The molecule has 1 aromatic rings. The van der Waals surface area contributed by atoms with Gasteiger partial charge in [0.2, 0.25) is 0 Å². The second-order valence-electron chi connectivity index (χ2n) is 9.14. The highest BCUT2D eigenvalue weighted by molar-refractivity contribution is 5.35. The molecule has 1 saturated carbocycles. The molecular weight excluding hydrogens is 327 g/mol. The summed E-state index contributed by atoms with van der Waals surface area (Å²) in [5.74, 6) is 0.892. The maximum absolute atomic E-state index is 14.0. The molecule has 3 nitrogen and oxygen atoms in total. The van der Waals surface area contributed by atoms with Crippen molar-refractivity contribution in [2.45, 2.75) is 56.4 Å². The summed E-state index contributed by atoms with van der Waals surface area (Å²) in [5, 5.41) is 3.47. The Morgan fingerprint density at radius 3 is 2.54 bits per heavy atom. The second kappa shape index (κ2) is 6.88. The van der Waals surface area contributed by atoms with Crippen molar-refractivity contribution in [1.29, 1.82) is 0 Å². The number of likely N-dealkylation sites (tertiary alicyclic amines) is 1. The number of nitrogens with one attached hydrogen (secondary N) is 1. The summed E-state index contributed by atoms with van der Waals surface area (Å²) in [6.07, 6.45) is 7.58. The van der Waals surface area contributed by atoms with Gasteiger partial charge >= 0.3 is 0 Å². The third kappa shape index (κ3) is 3.10. The Hall–Kier alpha value is -0.970. The maximum atomic E-state index is 14.0. The normalized spacial score (nSPS) is 32.2. The molecule has 3 saturated heterocycles.